The van der Waals surface area contributed by atoms with Crippen molar-refractivity contribution in [2.75, 3.05) is 0 Å². The molecule has 0 atom stereocenters. The molecule has 0 radical (unpaired) electrons. The van der Waals surface area contributed by atoms with Crippen LogP contribution < -0.4 is 0 Å². The summed E-state index contributed by atoms with van der Waals surface area (Å²) in [5, 5.41) is 0. The van der Waals surface area contributed by atoms with Gasteiger partial charge in [-0.1, -0.05) is 0 Å². The van der Waals surface area contributed by atoms with E-state index in [1.54, 1.807) is 36.9 Å². The molecule has 0 fully saturated rings. The van der Waals surface area contributed by atoms with Crippen molar-refractivity contribution in [1.29, 1.82) is 0 Å². The van der Waals surface area contributed by atoms with Crippen LogP contribution in [-0.2, 0) is 0 Å². The predicted octanol–water partition coefficient (Wildman–Crippen LogP) is 1.57. The summed E-state index contributed by atoms with van der Waals surface area (Å²) in [5.41, 5.74) is 1.38. The SMILES string of the molecule is O=C(c1cc[nH]c1)c1cc[nH]c1. The maximum Gasteiger partial charge on any atom is 0.196 e. The zero-order valence-electron chi connectivity index (χ0n) is 6.37. The smallest absolute Gasteiger partial charge is 0.196 e. The molecule has 0 saturated heterocycles. The van der Waals surface area contributed by atoms with Crippen molar-refractivity contribution in [2.24, 2.45) is 0 Å². The quantitative estimate of drug-likeness (QED) is 0.644. The molecular weight excluding hydrogens is 152 g/mol. The van der Waals surface area contributed by atoms with Gasteiger partial charge in [0.2, 0.25) is 0 Å². The second-order valence-corrected chi connectivity index (χ2v) is 2.53. The molecule has 3 heteroatoms. The van der Waals surface area contributed by atoms with Crippen molar-refractivity contribution in [3.05, 3.63) is 48.0 Å². The highest BCUT2D eigenvalue weighted by atomic mass is 16.1. The molecule has 3 nitrogen and oxygen atoms in total. The highest BCUT2D eigenvalue weighted by molar-refractivity contribution is 6.08. The van der Waals surface area contributed by atoms with E-state index in [1.807, 2.05) is 0 Å². The molecule has 0 saturated carbocycles. The van der Waals surface area contributed by atoms with E-state index in [-0.39, 0.29) is 5.78 Å². The molecule has 2 aromatic heterocycles. The summed E-state index contributed by atoms with van der Waals surface area (Å²) < 4.78 is 0. The summed E-state index contributed by atoms with van der Waals surface area (Å²) in [6.07, 6.45) is 6.85. The molecule has 2 rings (SSSR count). The van der Waals surface area contributed by atoms with E-state index in [1.165, 1.54) is 0 Å². The average Bonchev–Trinajstić information content (AvgIpc) is 2.77. The van der Waals surface area contributed by atoms with E-state index < -0.39 is 0 Å². The van der Waals surface area contributed by atoms with Crippen molar-refractivity contribution in [3.8, 4) is 0 Å². The van der Waals surface area contributed by atoms with Gasteiger partial charge in [-0.05, 0) is 12.1 Å². The average molecular weight is 160 g/mol. The second kappa shape index (κ2) is 2.70. The van der Waals surface area contributed by atoms with Gasteiger partial charge in [-0.2, -0.15) is 0 Å². The summed E-state index contributed by atoms with van der Waals surface area (Å²) in [4.78, 5) is 17.2. The van der Waals surface area contributed by atoms with Gasteiger partial charge in [-0.3, -0.25) is 4.79 Å². The molecule has 0 aliphatic heterocycles. The zero-order valence-corrected chi connectivity index (χ0v) is 6.37. The predicted molar refractivity (Wildman–Crippen MR) is 45.0 cm³/mol. The molecule has 2 aromatic rings. The lowest BCUT2D eigenvalue weighted by Gasteiger charge is -1.90. The minimum atomic E-state index is 0.0394. The molecule has 0 aliphatic carbocycles. The first-order valence-corrected chi connectivity index (χ1v) is 3.68. The van der Waals surface area contributed by atoms with Crippen molar-refractivity contribution in [1.82, 2.24) is 9.97 Å². The summed E-state index contributed by atoms with van der Waals surface area (Å²) >= 11 is 0. The zero-order chi connectivity index (χ0) is 8.39. The third kappa shape index (κ3) is 1.05. The van der Waals surface area contributed by atoms with Crippen molar-refractivity contribution in [3.63, 3.8) is 0 Å². The fraction of sp³-hybridized carbons (Fsp3) is 0. The summed E-state index contributed by atoms with van der Waals surface area (Å²) in [5.74, 6) is 0.0394. The lowest BCUT2D eigenvalue weighted by molar-refractivity contribution is 0.103. The molecule has 12 heavy (non-hydrogen) atoms. The highest BCUT2D eigenvalue weighted by Crippen LogP contribution is 2.07. The molecule has 0 spiro atoms. The molecule has 60 valence electrons. The Morgan fingerprint density at radius 2 is 1.50 bits per heavy atom. The van der Waals surface area contributed by atoms with E-state index in [0.717, 1.165) is 0 Å². The molecule has 0 unspecified atom stereocenters. The number of ketones is 1. The summed E-state index contributed by atoms with van der Waals surface area (Å²) in [6.45, 7) is 0. The molecule has 0 amide bonds. The van der Waals surface area contributed by atoms with Gasteiger partial charge in [0.15, 0.2) is 5.78 Å². The Morgan fingerprint density at radius 3 is 1.83 bits per heavy atom. The molecule has 0 aromatic carbocycles. The lowest BCUT2D eigenvalue weighted by Crippen LogP contribution is -1.96. The Balaban J connectivity index is 2.34. The number of nitrogens with one attached hydrogen (secondary N) is 2. The lowest BCUT2D eigenvalue weighted by atomic mass is 10.1. The van der Waals surface area contributed by atoms with Gasteiger partial charge in [0.1, 0.15) is 0 Å². The Bertz CT molecular complexity index is 323. The van der Waals surface area contributed by atoms with Gasteiger partial charge < -0.3 is 9.97 Å². The number of aromatic amines is 2. The topological polar surface area (TPSA) is 48.6 Å². The number of aromatic nitrogens is 2. The minimum absolute atomic E-state index is 0.0394. The number of H-pyrrole nitrogens is 2. The third-order valence-corrected chi connectivity index (χ3v) is 1.72. The van der Waals surface area contributed by atoms with Crippen LogP contribution in [0.3, 0.4) is 0 Å². The maximum atomic E-state index is 11.5. The largest absolute Gasteiger partial charge is 0.367 e. The molecule has 0 aliphatic rings. The van der Waals surface area contributed by atoms with E-state index in [2.05, 4.69) is 9.97 Å². The number of carbonyl (C=O) groups is 1. The van der Waals surface area contributed by atoms with Gasteiger partial charge in [-0.15, -0.1) is 0 Å². The first-order chi connectivity index (χ1) is 5.88. The Morgan fingerprint density at radius 1 is 1.00 bits per heavy atom. The van der Waals surface area contributed by atoms with Crippen LogP contribution in [0.25, 0.3) is 0 Å². The van der Waals surface area contributed by atoms with Gasteiger partial charge >= 0.3 is 0 Å². The number of rotatable bonds is 2. The van der Waals surface area contributed by atoms with E-state index in [9.17, 15) is 4.79 Å². The second-order valence-electron chi connectivity index (χ2n) is 2.53. The fourth-order valence-electron chi connectivity index (χ4n) is 1.10. The van der Waals surface area contributed by atoms with Crippen LogP contribution in [0.2, 0.25) is 0 Å². The van der Waals surface area contributed by atoms with E-state index >= 15 is 0 Å². The number of carbonyl (C=O) groups excluding carboxylic acids is 1. The molecule has 2 heterocycles. The van der Waals surface area contributed by atoms with Crippen LogP contribution in [-0.4, -0.2) is 15.8 Å². The number of hydrogen-bond donors (Lipinski definition) is 2. The van der Waals surface area contributed by atoms with Crippen LogP contribution in [0.5, 0.6) is 0 Å². The normalized spacial score (nSPS) is 10.0. The van der Waals surface area contributed by atoms with Crippen LogP contribution in [0.4, 0.5) is 0 Å². The summed E-state index contributed by atoms with van der Waals surface area (Å²) in [6, 6.07) is 3.52. The van der Waals surface area contributed by atoms with Crippen molar-refractivity contribution < 1.29 is 4.79 Å². The Labute approximate surface area is 69.4 Å². The van der Waals surface area contributed by atoms with Gasteiger partial charge in [0, 0.05) is 35.9 Å². The first kappa shape index (κ1) is 6.91. The van der Waals surface area contributed by atoms with E-state index in [4.69, 9.17) is 0 Å². The Kier molecular flexibility index (Phi) is 1.55. The summed E-state index contributed by atoms with van der Waals surface area (Å²) in [7, 11) is 0. The third-order valence-electron chi connectivity index (χ3n) is 1.72. The van der Waals surface area contributed by atoms with Crippen molar-refractivity contribution >= 4 is 5.78 Å². The van der Waals surface area contributed by atoms with Crippen LogP contribution >= 0.6 is 0 Å². The van der Waals surface area contributed by atoms with Crippen LogP contribution in [0.15, 0.2) is 36.9 Å². The minimum Gasteiger partial charge on any atom is -0.367 e. The first-order valence-electron chi connectivity index (χ1n) is 3.68. The van der Waals surface area contributed by atoms with Crippen LogP contribution in [0.1, 0.15) is 15.9 Å². The van der Waals surface area contributed by atoms with Crippen molar-refractivity contribution in [2.45, 2.75) is 0 Å². The maximum absolute atomic E-state index is 11.5. The molecular formula is C9H8N2O. The van der Waals surface area contributed by atoms with Gasteiger partial charge in [-0.25, -0.2) is 0 Å². The monoisotopic (exact) mass is 160 g/mol. The fourth-order valence-corrected chi connectivity index (χ4v) is 1.10. The molecule has 2 N–H and O–H groups in total. The highest BCUT2D eigenvalue weighted by Gasteiger charge is 2.08. The van der Waals surface area contributed by atoms with Gasteiger partial charge in [0.05, 0.1) is 0 Å². The van der Waals surface area contributed by atoms with E-state index in [0.29, 0.717) is 11.1 Å². The van der Waals surface area contributed by atoms with Gasteiger partial charge in [0.25, 0.3) is 0 Å². The Hall–Kier alpha value is -1.77. The molecule has 0 bridgehead atoms. The number of hydrogen-bond acceptors (Lipinski definition) is 1. The van der Waals surface area contributed by atoms with Crippen LogP contribution in [0, 0.1) is 0 Å². The standard InChI is InChI=1S/C9H8N2O/c12-9(7-1-3-10-5-7)8-2-4-11-6-8/h1-6,10-11H.